The molecule has 4 atom stereocenters. The molecule has 1 unspecified atom stereocenters. The summed E-state index contributed by atoms with van der Waals surface area (Å²) >= 11 is 0. The van der Waals surface area contributed by atoms with Gasteiger partial charge in [0.05, 0.1) is 0 Å². The second-order valence-corrected chi connectivity index (χ2v) is 8.77. The first-order valence-corrected chi connectivity index (χ1v) is 10.5. The van der Waals surface area contributed by atoms with E-state index in [1.54, 1.807) is 30.3 Å². The van der Waals surface area contributed by atoms with E-state index in [4.69, 9.17) is 9.47 Å². The monoisotopic (exact) mass is 392 g/mol. The van der Waals surface area contributed by atoms with Crippen LogP contribution in [0.5, 0.6) is 5.75 Å². The number of carbonyl (C=O) groups excluding carboxylic acids is 2. The minimum atomic E-state index is -1.57. The summed E-state index contributed by atoms with van der Waals surface area (Å²) in [6, 6.07) is 16.3. The second-order valence-electron chi connectivity index (χ2n) is 8.77. The van der Waals surface area contributed by atoms with Crippen molar-refractivity contribution in [1.82, 2.24) is 0 Å². The summed E-state index contributed by atoms with van der Waals surface area (Å²) in [6.07, 6.45) is 2.82. The van der Waals surface area contributed by atoms with Crippen molar-refractivity contribution in [2.45, 2.75) is 51.6 Å². The zero-order chi connectivity index (χ0) is 20.6. The molecule has 2 aliphatic rings. The maximum absolute atomic E-state index is 13.8. The molecule has 2 aromatic rings. The molecule has 4 nitrogen and oxygen atoms in total. The second kappa shape index (κ2) is 7.66. The van der Waals surface area contributed by atoms with Crippen LogP contribution in [0, 0.1) is 17.8 Å². The van der Waals surface area contributed by atoms with Crippen LogP contribution in [0.2, 0.25) is 0 Å². The first kappa shape index (κ1) is 19.7. The summed E-state index contributed by atoms with van der Waals surface area (Å²) in [6.45, 7) is 6.55. The molecule has 1 aliphatic carbocycles. The van der Waals surface area contributed by atoms with Crippen LogP contribution >= 0.6 is 0 Å². The zero-order valence-corrected chi connectivity index (χ0v) is 17.3. The smallest absolute Gasteiger partial charge is 0.338 e. The highest BCUT2D eigenvalue weighted by Crippen LogP contribution is 2.46. The number of hydrogen-bond acceptors (Lipinski definition) is 4. The molecular weight excluding hydrogens is 364 g/mol. The standard InChI is InChI=1S/C25H28O4/c1-16(2)19-14-13-17(3)15-22(19)29-24(27)25(18-9-5-4-6-10-18)20-11-7-8-12-21(20)28-23(25)26/h4-12,16-17,19,22H,13-15H2,1-3H3/t17-,19+,22-,25?/m1/s1. The van der Waals surface area contributed by atoms with Gasteiger partial charge in [0.2, 0.25) is 5.41 Å². The van der Waals surface area contributed by atoms with E-state index < -0.39 is 17.4 Å². The van der Waals surface area contributed by atoms with E-state index in [0.717, 1.165) is 19.3 Å². The van der Waals surface area contributed by atoms with Gasteiger partial charge in [0.1, 0.15) is 11.9 Å². The lowest BCUT2D eigenvalue weighted by Crippen LogP contribution is -2.47. The Morgan fingerprint density at radius 2 is 1.76 bits per heavy atom. The van der Waals surface area contributed by atoms with Crippen molar-refractivity contribution in [3.05, 3.63) is 65.7 Å². The molecule has 1 saturated carbocycles. The Kier molecular flexibility index (Phi) is 5.20. The number of fused-ring (bicyclic) bond motifs is 1. The molecule has 0 spiro atoms. The van der Waals surface area contributed by atoms with Crippen LogP contribution in [-0.4, -0.2) is 18.0 Å². The van der Waals surface area contributed by atoms with E-state index >= 15 is 0 Å². The van der Waals surface area contributed by atoms with Crippen LogP contribution in [-0.2, 0) is 19.7 Å². The third kappa shape index (κ3) is 3.25. The third-order valence-electron chi connectivity index (χ3n) is 6.53. The largest absolute Gasteiger partial charge is 0.461 e. The van der Waals surface area contributed by atoms with Crippen molar-refractivity contribution in [1.29, 1.82) is 0 Å². The Morgan fingerprint density at radius 1 is 1.07 bits per heavy atom. The highest BCUT2D eigenvalue weighted by molar-refractivity contribution is 6.13. The van der Waals surface area contributed by atoms with Gasteiger partial charge in [-0.05, 0) is 42.2 Å². The predicted molar refractivity (Wildman–Crippen MR) is 111 cm³/mol. The number of hydrogen-bond donors (Lipinski definition) is 0. The topological polar surface area (TPSA) is 52.6 Å². The fraction of sp³-hybridized carbons (Fsp3) is 0.440. The minimum absolute atomic E-state index is 0.188. The van der Waals surface area contributed by atoms with Gasteiger partial charge in [-0.25, -0.2) is 4.79 Å². The SMILES string of the molecule is CC(C)[C@@H]1CC[C@@H](C)C[C@H]1OC(=O)C1(c2ccccc2)C(=O)Oc2ccccc21. The Hall–Kier alpha value is -2.62. The molecule has 1 aliphatic heterocycles. The third-order valence-corrected chi connectivity index (χ3v) is 6.53. The molecule has 1 fully saturated rings. The molecule has 0 aromatic heterocycles. The average molecular weight is 392 g/mol. The molecule has 4 rings (SSSR count). The normalized spacial score (nSPS) is 28.7. The van der Waals surface area contributed by atoms with Crippen LogP contribution in [0.4, 0.5) is 0 Å². The van der Waals surface area contributed by atoms with E-state index in [9.17, 15) is 9.59 Å². The lowest BCUT2D eigenvalue weighted by atomic mass is 9.73. The minimum Gasteiger partial charge on any atom is -0.461 e. The van der Waals surface area contributed by atoms with Gasteiger partial charge in [-0.2, -0.15) is 0 Å². The molecular formula is C25H28O4. The predicted octanol–water partition coefficient (Wildman–Crippen LogP) is 4.90. The Balaban J connectivity index is 1.77. The molecule has 0 bridgehead atoms. The summed E-state index contributed by atoms with van der Waals surface area (Å²) in [5.74, 6) is 0.531. The Bertz CT molecular complexity index is 904. The van der Waals surface area contributed by atoms with E-state index in [-0.39, 0.29) is 6.10 Å². The maximum atomic E-state index is 13.8. The zero-order valence-electron chi connectivity index (χ0n) is 17.3. The van der Waals surface area contributed by atoms with Crippen LogP contribution in [0.25, 0.3) is 0 Å². The summed E-state index contributed by atoms with van der Waals surface area (Å²) in [5.41, 5.74) is -0.420. The van der Waals surface area contributed by atoms with Gasteiger partial charge < -0.3 is 9.47 Å². The average Bonchev–Trinajstić information content (AvgIpc) is 3.01. The highest BCUT2D eigenvalue weighted by atomic mass is 16.6. The van der Waals surface area contributed by atoms with Gasteiger partial charge in [-0.1, -0.05) is 75.7 Å². The first-order valence-electron chi connectivity index (χ1n) is 10.5. The van der Waals surface area contributed by atoms with Gasteiger partial charge in [0.25, 0.3) is 0 Å². The van der Waals surface area contributed by atoms with Crippen molar-refractivity contribution in [2.75, 3.05) is 0 Å². The number of carbonyl (C=O) groups is 2. The maximum Gasteiger partial charge on any atom is 0.338 e. The van der Waals surface area contributed by atoms with Crippen molar-refractivity contribution >= 4 is 11.9 Å². The summed E-state index contributed by atoms with van der Waals surface area (Å²) in [4.78, 5) is 27.0. The Labute approximate surface area is 172 Å². The van der Waals surface area contributed by atoms with Gasteiger partial charge in [-0.15, -0.1) is 0 Å². The van der Waals surface area contributed by atoms with E-state index in [1.165, 1.54) is 0 Å². The van der Waals surface area contributed by atoms with E-state index in [2.05, 4.69) is 20.8 Å². The van der Waals surface area contributed by atoms with Gasteiger partial charge in [0.15, 0.2) is 0 Å². The first-order chi connectivity index (χ1) is 13.9. The van der Waals surface area contributed by atoms with Gasteiger partial charge in [-0.3, -0.25) is 4.79 Å². The summed E-state index contributed by atoms with van der Waals surface area (Å²) in [5, 5.41) is 0. The fourth-order valence-electron chi connectivity index (χ4n) is 4.90. The van der Waals surface area contributed by atoms with Crippen LogP contribution in [0.3, 0.4) is 0 Å². The van der Waals surface area contributed by atoms with Crippen LogP contribution in [0.15, 0.2) is 54.6 Å². The fourth-order valence-corrected chi connectivity index (χ4v) is 4.90. The summed E-state index contributed by atoms with van der Waals surface area (Å²) < 4.78 is 11.7. The van der Waals surface area contributed by atoms with Gasteiger partial charge >= 0.3 is 11.9 Å². The molecule has 0 radical (unpaired) electrons. The lowest BCUT2D eigenvalue weighted by molar-refractivity contribution is -0.165. The molecule has 152 valence electrons. The molecule has 4 heteroatoms. The molecule has 1 heterocycles. The van der Waals surface area contributed by atoms with Crippen molar-refractivity contribution < 1.29 is 19.1 Å². The molecule has 0 N–H and O–H groups in total. The number of rotatable bonds is 4. The van der Waals surface area contributed by atoms with Gasteiger partial charge in [0, 0.05) is 5.56 Å². The van der Waals surface area contributed by atoms with Crippen molar-refractivity contribution in [3.63, 3.8) is 0 Å². The number of benzene rings is 2. The number of esters is 2. The van der Waals surface area contributed by atoms with Crippen molar-refractivity contribution in [2.24, 2.45) is 17.8 Å². The van der Waals surface area contributed by atoms with Crippen molar-refractivity contribution in [3.8, 4) is 5.75 Å². The lowest BCUT2D eigenvalue weighted by Gasteiger charge is -2.38. The summed E-state index contributed by atoms with van der Waals surface area (Å²) in [7, 11) is 0. The molecule has 0 saturated heterocycles. The van der Waals surface area contributed by atoms with E-state index in [1.807, 2.05) is 24.3 Å². The van der Waals surface area contributed by atoms with Crippen LogP contribution in [0.1, 0.15) is 51.2 Å². The molecule has 29 heavy (non-hydrogen) atoms. The molecule has 2 aromatic carbocycles. The molecule has 0 amide bonds. The highest BCUT2D eigenvalue weighted by Gasteiger charge is 2.58. The van der Waals surface area contributed by atoms with Crippen LogP contribution < -0.4 is 4.74 Å². The quantitative estimate of drug-likeness (QED) is 0.422. The number of ether oxygens (including phenoxy) is 2. The number of para-hydroxylation sites is 1. The van der Waals surface area contributed by atoms with E-state index in [0.29, 0.717) is 34.6 Å². The Morgan fingerprint density at radius 3 is 2.48 bits per heavy atom.